The minimum atomic E-state index is -4.72. The standard InChI is InChI=1S/C10H11F3N2O2/c1-17-8-4-2-7(3-5-8)6-14-9(16)15-10(11,12)13/h2-5H,6H2,1H3,(H2,14,15,16). The summed E-state index contributed by atoms with van der Waals surface area (Å²) < 4.78 is 40.1. The summed E-state index contributed by atoms with van der Waals surface area (Å²) in [7, 11) is 1.50. The van der Waals surface area contributed by atoms with Crippen LogP contribution in [0.15, 0.2) is 24.3 Å². The Morgan fingerprint density at radius 1 is 1.29 bits per heavy atom. The number of halogens is 3. The summed E-state index contributed by atoms with van der Waals surface area (Å²) in [6.45, 7) is 0.00586. The second-order valence-electron chi connectivity index (χ2n) is 3.15. The van der Waals surface area contributed by atoms with Gasteiger partial charge >= 0.3 is 12.3 Å². The Hall–Kier alpha value is -1.92. The average molecular weight is 248 g/mol. The maximum absolute atomic E-state index is 11.7. The van der Waals surface area contributed by atoms with Gasteiger partial charge in [0.05, 0.1) is 7.11 Å². The largest absolute Gasteiger partial charge is 0.497 e. The first-order valence-electron chi connectivity index (χ1n) is 4.66. The first kappa shape index (κ1) is 13.1. The first-order chi connectivity index (χ1) is 7.90. The first-order valence-corrected chi connectivity index (χ1v) is 4.66. The molecule has 0 unspecified atom stereocenters. The Balaban J connectivity index is 2.42. The van der Waals surface area contributed by atoms with E-state index in [1.54, 1.807) is 24.3 Å². The van der Waals surface area contributed by atoms with Crippen LogP contribution in [-0.4, -0.2) is 19.4 Å². The molecule has 0 bridgehead atoms. The molecule has 17 heavy (non-hydrogen) atoms. The van der Waals surface area contributed by atoms with Crippen molar-refractivity contribution in [3.8, 4) is 5.75 Å². The Morgan fingerprint density at radius 3 is 2.35 bits per heavy atom. The average Bonchev–Trinajstić information content (AvgIpc) is 2.25. The molecular formula is C10H11F3N2O2. The van der Waals surface area contributed by atoms with Crippen molar-refractivity contribution in [2.75, 3.05) is 7.11 Å². The van der Waals surface area contributed by atoms with E-state index in [-0.39, 0.29) is 6.54 Å². The number of alkyl halides is 3. The van der Waals surface area contributed by atoms with E-state index in [2.05, 4.69) is 5.32 Å². The van der Waals surface area contributed by atoms with E-state index in [0.717, 1.165) is 5.32 Å². The number of hydrogen-bond donors (Lipinski definition) is 2. The van der Waals surface area contributed by atoms with Gasteiger partial charge in [-0.3, -0.25) is 0 Å². The lowest BCUT2D eigenvalue weighted by Gasteiger charge is -2.10. The van der Waals surface area contributed by atoms with Crippen molar-refractivity contribution in [3.05, 3.63) is 29.8 Å². The highest BCUT2D eigenvalue weighted by Crippen LogP contribution is 2.11. The third kappa shape index (κ3) is 5.10. The predicted octanol–water partition coefficient (Wildman–Crippen LogP) is 2.01. The zero-order chi connectivity index (χ0) is 12.9. The number of hydrogen-bond acceptors (Lipinski definition) is 2. The Morgan fingerprint density at radius 2 is 1.88 bits per heavy atom. The molecule has 94 valence electrons. The molecule has 0 heterocycles. The van der Waals surface area contributed by atoms with Crippen LogP contribution < -0.4 is 15.4 Å². The summed E-state index contributed by atoms with van der Waals surface area (Å²) in [6, 6.07) is 5.31. The van der Waals surface area contributed by atoms with Crippen LogP contribution in [-0.2, 0) is 6.54 Å². The third-order valence-electron chi connectivity index (χ3n) is 1.87. The minimum absolute atomic E-state index is 0.00586. The number of urea groups is 1. The lowest BCUT2D eigenvalue weighted by Crippen LogP contribution is -2.43. The normalized spacial score (nSPS) is 10.8. The van der Waals surface area contributed by atoms with Crippen LogP contribution in [0.2, 0.25) is 0 Å². The molecule has 0 radical (unpaired) electrons. The molecule has 1 aromatic carbocycles. The van der Waals surface area contributed by atoms with E-state index in [1.807, 2.05) is 0 Å². The van der Waals surface area contributed by atoms with Gasteiger partial charge in [0.15, 0.2) is 0 Å². The van der Waals surface area contributed by atoms with Crippen LogP contribution in [0.4, 0.5) is 18.0 Å². The molecule has 0 aliphatic carbocycles. The molecule has 0 saturated heterocycles. The van der Waals surface area contributed by atoms with E-state index in [0.29, 0.717) is 11.3 Å². The fourth-order valence-electron chi connectivity index (χ4n) is 1.10. The number of carbonyl (C=O) groups excluding carboxylic acids is 1. The zero-order valence-corrected chi connectivity index (χ0v) is 8.97. The summed E-state index contributed by atoms with van der Waals surface area (Å²) in [4.78, 5) is 10.8. The van der Waals surface area contributed by atoms with Crippen LogP contribution in [0.1, 0.15) is 5.56 Å². The van der Waals surface area contributed by atoms with Gasteiger partial charge in [-0.1, -0.05) is 12.1 Å². The highest BCUT2D eigenvalue weighted by molar-refractivity contribution is 5.74. The van der Waals surface area contributed by atoms with Gasteiger partial charge in [0.25, 0.3) is 0 Å². The summed E-state index contributed by atoms with van der Waals surface area (Å²) in [5.41, 5.74) is 0.670. The van der Waals surface area contributed by atoms with E-state index >= 15 is 0 Å². The van der Waals surface area contributed by atoms with Crippen LogP contribution in [0.3, 0.4) is 0 Å². The lowest BCUT2D eigenvalue weighted by atomic mass is 10.2. The van der Waals surface area contributed by atoms with Crippen molar-refractivity contribution >= 4 is 6.03 Å². The maximum atomic E-state index is 11.7. The van der Waals surface area contributed by atoms with Crippen molar-refractivity contribution in [3.63, 3.8) is 0 Å². The lowest BCUT2D eigenvalue weighted by molar-refractivity contribution is -0.145. The molecule has 0 aliphatic rings. The molecular weight excluding hydrogens is 237 g/mol. The fraction of sp³-hybridized carbons (Fsp3) is 0.300. The summed E-state index contributed by atoms with van der Waals surface area (Å²) in [6.07, 6.45) is -4.72. The van der Waals surface area contributed by atoms with Crippen LogP contribution >= 0.6 is 0 Å². The summed E-state index contributed by atoms with van der Waals surface area (Å²) in [5, 5.41) is 2.92. The molecule has 4 nitrogen and oxygen atoms in total. The van der Waals surface area contributed by atoms with Gasteiger partial charge in [-0.25, -0.2) is 10.1 Å². The van der Waals surface area contributed by atoms with Crippen molar-refractivity contribution in [1.82, 2.24) is 10.6 Å². The van der Waals surface area contributed by atoms with Gasteiger partial charge < -0.3 is 10.1 Å². The maximum Gasteiger partial charge on any atom is 0.485 e. The van der Waals surface area contributed by atoms with Gasteiger partial charge in [0.1, 0.15) is 5.75 Å². The fourth-order valence-corrected chi connectivity index (χ4v) is 1.10. The Kier molecular flexibility index (Phi) is 4.19. The van der Waals surface area contributed by atoms with Crippen molar-refractivity contribution in [1.29, 1.82) is 0 Å². The van der Waals surface area contributed by atoms with Crippen molar-refractivity contribution < 1.29 is 22.7 Å². The van der Waals surface area contributed by atoms with Crippen LogP contribution in [0.5, 0.6) is 5.75 Å². The van der Waals surface area contributed by atoms with Gasteiger partial charge in [-0.2, -0.15) is 13.2 Å². The summed E-state index contributed by atoms with van der Waals surface area (Å²) >= 11 is 0. The molecule has 2 N–H and O–H groups in total. The van der Waals surface area contributed by atoms with E-state index in [9.17, 15) is 18.0 Å². The van der Waals surface area contributed by atoms with E-state index < -0.39 is 12.3 Å². The number of ether oxygens (including phenoxy) is 1. The predicted molar refractivity (Wildman–Crippen MR) is 54.4 cm³/mol. The molecule has 0 saturated carbocycles. The quantitative estimate of drug-likeness (QED) is 0.804. The number of nitrogens with one attached hydrogen (secondary N) is 2. The number of carbonyl (C=O) groups is 1. The second kappa shape index (κ2) is 5.42. The number of methoxy groups -OCH3 is 1. The topological polar surface area (TPSA) is 50.4 Å². The molecule has 1 aromatic rings. The molecule has 0 atom stereocenters. The minimum Gasteiger partial charge on any atom is -0.497 e. The molecule has 2 amide bonds. The molecule has 7 heteroatoms. The van der Waals surface area contributed by atoms with E-state index in [1.165, 1.54) is 7.11 Å². The Bertz CT molecular complexity index is 376. The summed E-state index contributed by atoms with van der Waals surface area (Å²) in [5.74, 6) is 0.633. The Labute approximate surface area is 95.8 Å². The highest BCUT2D eigenvalue weighted by Gasteiger charge is 2.29. The van der Waals surface area contributed by atoms with Crippen LogP contribution in [0.25, 0.3) is 0 Å². The number of benzene rings is 1. The number of rotatable bonds is 3. The van der Waals surface area contributed by atoms with E-state index in [4.69, 9.17) is 4.74 Å². The molecule has 0 fully saturated rings. The van der Waals surface area contributed by atoms with Crippen LogP contribution in [0, 0.1) is 0 Å². The second-order valence-corrected chi connectivity index (χ2v) is 3.15. The highest BCUT2D eigenvalue weighted by atomic mass is 19.4. The zero-order valence-electron chi connectivity index (χ0n) is 8.97. The SMILES string of the molecule is COc1ccc(CNC(=O)NC(F)(F)F)cc1. The van der Waals surface area contributed by atoms with Crippen molar-refractivity contribution in [2.24, 2.45) is 0 Å². The molecule has 1 rings (SSSR count). The van der Waals surface area contributed by atoms with Gasteiger partial charge in [0, 0.05) is 6.54 Å². The molecule has 0 aliphatic heterocycles. The van der Waals surface area contributed by atoms with Gasteiger partial charge in [-0.15, -0.1) is 0 Å². The van der Waals surface area contributed by atoms with Gasteiger partial charge in [0.2, 0.25) is 0 Å². The third-order valence-corrected chi connectivity index (χ3v) is 1.87. The van der Waals surface area contributed by atoms with Crippen molar-refractivity contribution in [2.45, 2.75) is 12.8 Å². The van der Waals surface area contributed by atoms with Gasteiger partial charge in [-0.05, 0) is 17.7 Å². The smallest absolute Gasteiger partial charge is 0.485 e. The molecule has 0 spiro atoms. The number of amides is 2. The molecule has 0 aromatic heterocycles. The monoisotopic (exact) mass is 248 g/mol.